The molecule has 13 heteroatoms. The number of hydrogen-bond acceptors (Lipinski definition) is 4. The van der Waals surface area contributed by atoms with Crippen molar-refractivity contribution >= 4 is 0 Å². The number of benzene rings is 3. The Morgan fingerprint density at radius 2 is 0.863 bits per heavy atom. The first-order chi connectivity index (χ1) is 24.0. The molecular weight excluding hydrogens is 850 g/mol. The predicted octanol–water partition coefficient (Wildman–Crippen LogP) is 9.17. The monoisotopic (exact) mass is 873 g/mol. The van der Waals surface area contributed by atoms with Gasteiger partial charge in [0.1, 0.15) is 0 Å². The fourth-order valence-electron chi connectivity index (χ4n) is 5.91. The Morgan fingerprint density at radius 3 is 1.24 bits per heavy atom. The van der Waals surface area contributed by atoms with E-state index in [1.807, 2.05) is 0 Å². The van der Waals surface area contributed by atoms with Gasteiger partial charge in [-0.3, -0.25) is 19.6 Å². The molecule has 6 nitrogen and oxygen atoms in total. The summed E-state index contributed by atoms with van der Waals surface area (Å²) in [5.74, 6) is 0. The SMILES string of the molecule is CC(c1ccccc1)(c1cccc(-c2[c-]nn(-c3ccccc3)c2C(F)(F)F)n1)c1cccc(-c2[c-]nn(-c3ccccc3)c2C(F)(F)F)n1.[Pt+2]. The molecule has 51 heavy (non-hydrogen) atoms. The largest absolute Gasteiger partial charge is 2.00 e. The van der Waals surface area contributed by atoms with E-state index >= 15 is 0 Å². The fraction of sp³-hybridized carbons (Fsp3) is 0.105. The van der Waals surface area contributed by atoms with Crippen molar-refractivity contribution < 1.29 is 47.4 Å². The summed E-state index contributed by atoms with van der Waals surface area (Å²) < 4.78 is 89.2. The Balaban J connectivity index is 0.00000448. The van der Waals surface area contributed by atoms with Gasteiger partial charge in [0, 0.05) is 22.8 Å². The summed E-state index contributed by atoms with van der Waals surface area (Å²) in [6.45, 7) is 1.77. The Labute approximate surface area is 302 Å². The van der Waals surface area contributed by atoms with Crippen LogP contribution >= 0.6 is 0 Å². The molecule has 3 aromatic carbocycles. The minimum atomic E-state index is -4.81. The van der Waals surface area contributed by atoms with E-state index in [9.17, 15) is 26.3 Å². The molecule has 7 aromatic rings. The van der Waals surface area contributed by atoms with Gasteiger partial charge in [-0.25, -0.2) is 0 Å². The second-order valence-electron chi connectivity index (χ2n) is 11.5. The fourth-order valence-corrected chi connectivity index (χ4v) is 5.91. The van der Waals surface area contributed by atoms with Crippen LogP contribution in [0.5, 0.6) is 0 Å². The number of aromatic nitrogens is 6. The molecule has 0 saturated carbocycles. The number of rotatable bonds is 7. The van der Waals surface area contributed by atoms with Gasteiger partial charge in [0.15, 0.2) is 0 Å². The number of nitrogens with zero attached hydrogens (tertiary/aromatic N) is 6. The van der Waals surface area contributed by atoms with Crippen LogP contribution in [0.3, 0.4) is 0 Å². The van der Waals surface area contributed by atoms with E-state index in [1.54, 1.807) is 97.9 Å². The van der Waals surface area contributed by atoms with Crippen LogP contribution in [-0.2, 0) is 38.8 Å². The number of pyridine rings is 2. The summed E-state index contributed by atoms with van der Waals surface area (Å²) >= 11 is 0. The third-order valence-electron chi connectivity index (χ3n) is 8.35. The van der Waals surface area contributed by atoms with Gasteiger partial charge in [-0.1, -0.05) is 91.0 Å². The molecule has 4 heterocycles. The van der Waals surface area contributed by atoms with Gasteiger partial charge >= 0.3 is 33.4 Å². The Hall–Kier alpha value is -5.35. The summed E-state index contributed by atoms with van der Waals surface area (Å²) in [4.78, 5) is 9.45. The molecule has 0 fully saturated rings. The standard InChI is InChI=1S/C38H24F6N6.Pt/c1-36(25-13-5-2-6-14-25,32-21-11-19-30(47-32)28-23-45-49(34(28)37(39,40)41)26-15-7-3-8-16-26)33-22-12-20-31(48-33)29-24-46-50(35(29)38(42,43)44)27-17-9-4-10-18-27;/h2-22H,1H3;/q-2;+2. The van der Waals surface area contributed by atoms with Gasteiger partial charge in [-0.05, 0) is 72.7 Å². The van der Waals surface area contributed by atoms with Crippen molar-refractivity contribution in [2.45, 2.75) is 24.7 Å². The van der Waals surface area contributed by atoms with Crippen molar-refractivity contribution in [2.75, 3.05) is 0 Å². The van der Waals surface area contributed by atoms with Crippen LogP contribution in [-0.4, -0.2) is 29.5 Å². The zero-order chi connectivity index (χ0) is 35.1. The van der Waals surface area contributed by atoms with Crippen molar-refractivity contribution in [3.05, 3.63) is 168 Å². The number of para-hydroxylation sites is 2. The molecule has 0 saturated heterocycles. The van der Waals surface area contributed by atoms with E-state index < -0.39 is 29.2 Å². The Bertz CT molecular complexity index is 2130. The summed E-state index contributed by atoms with van der Waals surface area (Å²) in [5, 5.41) is 7.90. The maximum atomic E-state index is 14.6. The van der Waals surface area contributed by atoms with Crippen LogP contribution < -0.4 is 0 Å². The van der Waals surface area contributed by atoms with Crippen LogP contribution in [0.1, 0.15) is 35.3 Å². The van der Waals surface area contributed by atoms with Crippen molar-refractivity contribution in [1.29, 1.82) is 0 Å². The molecule has 0 spiro atoms. The van der Waals surface area contributed by atoms with Gasteiger partial charge in [-0.15, -0.1) is 11.1 Å². The molecule has 258 valence electrons. The molecule has 0 aliphatic heterocycles. The van der Waals surface area contributed by atoms with Gasteiger partial charge < -0.3 is 9.97 Å². The average molecular weight is 874 g/mol. The van der Waals surface area contributed by atoms with Crippen LogP contribution in [0.15, 0.2) is 127 Å². The number of halogens is 6. The van der Waals surface area contributed by atoms with E-state index in [4.69, 9.17) is 9.97 Å². The summed E-state index contributed by atoms with van der Waals surface area (Å²) in [7, 11) is 0. The van der Waals surface area contributed by atoms with Crippen LogP contribution in [0, 0.1) is 12.4 Å². The molecule has 0 unspecified atom stereocenters. The third kappa shape index (κ3) is 6.63. The molecule has 0 aliphatic rings. The molecule has 0 N–H and O–H groups in total. The van der Waals surface area contributed by atoms with E-state index in [1.165, 1.54) is 36.4 Å². The van der Waals surface area contributed by atoms with Crippen LogP contribution in [0.25, 0.3) is 33.9 Å². The molecule has 7 rings (SSSR count). The van der Waals surface area contributed by atoms with Gasteiger partial charge in [-0.2, -0.15) is 26.3 Å². The third-order valence-corrected chi connectivity index (χ3v) is 8.35. The molecule has 0 radical (unpaired) electrons. The number of alkyl halides is 6. The Kier molecular flexibility index (Phi) is 9.57. The van der Waals surface area contributed by atoms with Crippen LogP contribution in [0.4, 0.5) is 26.3 Å². The average Bonchev–Trinajstić information content (AvgIpc) is 3.79. The first-order valence-electron chi connectivity index (χ1n) is 15.2. The topological polar surface area (TPSA) is 61.4 Å². The van der Waals surface area contributed by atoms with Crippen molar-refractivity contribution in [3.63, 3.8) is 0 Å². The molecule has 0 atom stereocenters. The summed E-state index contributed by atoms with van der Waals surface area (Å²) in [5.41, 5.74) is -2.57. The van der Waals surface area contributed by atoms with Crippen molar-refractivity contribution in [3.8, 4) is 33.9 Å². The first-order valence-corrected chi connectivity index (χ1v) is 15.2. The normalized spacial score (nSPS) is 12.1. The van der Waals surface area contributed by atoms with E-state index in [0.29, 0.717) is 17.0 Å². The maximum Gasteiger partial charge on any atom is 2.00 e. The van der Waals surface area contributed by atoms with E-state index in [-0.39, 0.29) is 55.0 Å². The molecule has 0 amide bonds. The van der Waals surface area contributed by atoms with Crippen LogP contribution in [0.2, 0.25) is 0 Å². The summed E-state index contributed by atoms with van der Waals surface area (Å²) in [6.07, 6.45) is -4.60. The van der Waals surface area contributed by atoms with Crippen molar-refractivity contribution in [1.82, 2.24) is 29.5 Å². The summed E-state index contributed by atoms with van der Waals surface area (Å²) in [6, 6.07) is 34.0. The van der Waals surface area contributed by atoms with Gasteiger partial charge in [0.05, 0.1) is 16.8 Å². The first kappa shape index (κ1) is 35.5. The van der Waals surface area contributed by atoms with Gasteiger partial charge in [0.2, 0.25) is 0 Å². The van der Waals surface area contributed by atoms with E-state index in [0.717, 1.165) is 9.36 Å². The second kappa shape index (κ2) is 13.8. The minimum Gasteiger partial charge on any atom is -0.316 e. The van der Waals surface area contributed by atoms with Gasteiger partial charge in [0.25, 0.3) is 0 Å². The molecule has 0 aliphatic carbocycles. The molecule has 0 bridgehead atoms. The number of hydrogen-bond donors (Lipinski definition) is 0. The molecule has 4 aromatic heterocycles. The Morgan fingerprint density at radius 1 is 0.490 bits per heavy atom. The molecular formula is C38H24F6N6Pt. The second-order valence-corrected chi connectivity index (χ2v) is 11.5. The zero-order valence-electron chi connectivity index (χ0n) is 26.4. The predicted molar refractivity (Wildman–Crippen MR) is 173 cm³/mol. The zero-order valence-corrected chi connectivity index (χ0v) is 28.7. The smallest absolute Gasteiger partial charge is 0.316 e. The van der Waals surface area contributed by atoms with E-state index in [2.05, 4.69) is 22.6 Å². The minimum absolute atomic E-state index is 0. The quantitative estimate of drug-likeness (QED) is 0.119. The van der Waals surface area contributed by atoms with Crippen molar-refractivity contribution in [2.24, 2.45) is 0 Å². The maximum absolute atomic E-state index is 14.6.